The molecule has 0 fully saturated rings. The molecule has 8 heteroatoms. The molecule has 166 valence electrons. The van der Waals surface area contributed by atoms with Crippen molar-refractivity contribution < 1.29 is 9.15 Å². The fourth-order valence-electron chi connectivity index (χ4n) is 3.42. The fraction of sp³-hybridized carbons (Fsp3) is 0.391. The molecule has 0 bridgehead atoms. The van der Waals surface area contributed by atoms with E-state index in [2.05, 4.69) is 29.0 Å². The number of pyridine rings is 1. The molecule has 0 spiro atoms. The number of ether oxygens (including phenoxy) is 1. The van der Waals surface area contributed by atoms with E-state index in [0.29, 0.717) is 36.1 Å². The highest BCUT2D eigenvalue weighted by Gasteiger charge is 2.15. The molecule has 0 saturated carbocycles. The van der Waals surface area contributed by atoms with Crippen molar-refractivity contribution in [3.8, 4) is 5.75 Å². The van der Waals surface area contributed by atoms with Crippen molar-refractivity contribution in [3.05, 3.63) is 64.3 Å². The molecule has 0 aliphatic carbocycles. The number of nitrogens with one attached hydrogen (secondary N) is 2. The molecule has 1 aromatic carbocycles. The summed E-state index contributed by atoms with van der Waals surface area (Å²) in [5.41, 5.74) is 1.29. The number of fused-ring (bicyclic) bond motifs is 1. The molecule has 2 N–H and O–H groups in total. The van der Waals surface area contributed by atoms with Gasteiger partial charge in [0.2, 0.25) is 0 Å². The molecule has 0 amide bonds. The second-order valence-electron chi connectivity index (χ2n) is 7.26. The lowest BCUT2D eigenvalue weighted by Crippen LogP contribution is -2.44. The summed E-state index contributed by atoms with van der Waals surface area (Å²) >= 11 is 5.67. The van der Waals surface area contributed by atoms with Crippen LogP contribution in [0.3, 0.4) is 0 Å². The number of aromatic nitrogens is 1. The summed E-state index contributed by atoms with van der Waals surface area (Å²) in [6, 6.07) is 11.3. The van der Waals surface area contributed by atoms with Gasteiger partial charge in [-0.2, -0.15) is 0 Å². The van der Waals surface area contributed by atoms with E-state index in [1.807, 2.05) is 41.3 Å². The standard InChI is InChI=1S/C23H30N4O3S/c1-4-26(5-2)10-11-27(23(31)24-15-20-7-6-12-30-20)16-18-13-17-8-9-19(29-3)14-21(17)25-22(18)28/h6-9,12-14H,4-5,10-11,15-16H2,1-3H3,(H,24,31)(H,25,28). The molecule has 0 aliphatic rings. The third-order valence-corrected chi connectivity index (χ3v) is 5.76. The van der Waals surface area contributed by atoms with Gasteiger partial charge in [-0.05, 0) is 61.0 Å². The van der Waals surface area contributed by atoms with E-state index in [1.165, 1.54) is 0 Å². The van der Waals surface area contributed by atoms with Crippen LogP contribution in [0.5, 0.6) is 5.75 Å². The van der Waals surface area contributed by atoms with Crippen LogP contribution < -0.4 is 15.6 Å². The topological polar surface area (TPSA) is 73.7 Å². The van der Waals surface area contributed by atoms with Crippen molar-refractivity contribution in [2.75, 3.05) is 33.3 Å². The Balaban J connectivity index is 1.79. The number of H-pyrrole nitrogens is 1. The molecule has 2 heterocycles. The predicted molar refractivity (Wildman–Crippen MR) is 127 cm³/mol. The minimum Gasteiger partial charge on any atom is -0.497 e. The summed E-state index contributed by atoms with van der Waals surface area (Å²) in [6.07, 6.45) is 1.64. The van der Waals surface area contributed by atoms with Gasteiger partial charge in [-0.15, -0.1) is 0 Å². The molecule has 0 aliphatic heterocycles. The van der Waals surface area contributed by atoms with E-state index in [1.54, 1.807) is 13.4 Å². The number of furan rings is 1. The first-order valence-corrected chi connectivity index (χ1v) is 10.9. The Morgan fingerprint density at radius 2 is 2.00 bits per heavy atom. The second kappa shape index (κ2) is 11.0. The molecule has 3 aromatic rings. The van der Waals surface area contributed by atoms with Crippen LogP contribution in [-0.4, -0.2) is 53.2 Å². The zero-order valence-electron chi connectivity index (χ0n) is 18.3. The van der Waals surface area contributed by atoms with Crippen LogP contribution in [0.15, 0.2) is 51.9 Å². The van der Waals surface area contributed by atoms with E-state index < -0.39 is 0 Å². The third kappa shape index (κ3) is 6.08. The van der Waals surface area contributed by atoms with Crippen LogP contribution >= 0.6 is 12.2 Å². The van der Waals surface area contributed by atoms with Gasteiger partial charge in [0.05, 0.1) is 32.0 Å². The maximum absolute atomic E-state index is 12.8. The van der Waals surface area contributed by atoms with Crippen molar-refractivity contribution in [2.45, 2.75) is 26.9 Å². The molecule has 7 nitrogen and oxygen atoms in total. The quantitative estimate of drug-likeness (QED) is 0.467. The number of hydrogen-bond acceptors (Lipinski definition) is 5. The SMILES string of the molecule is CCN(CC)CCN(Cc1cc2ccc(OC)cc2[nH]c1=O)C(=S)NCc1ccco1. The van der Waals surface area contributed by atoms with Crippen molar-refractivity contribution in [3.63, 3.8) is 0 Å². The Morgan fingerprint density at radius 3 is 2.68 bits per heavy atom. The van der Waals surface area contributed by atoms with E-state index in [4.69, 9.17) is 21.4 Å². The molecular weight excluding hydrogens is 412 g/mol. The van der Waals surface area contributed by atoms with Crippen LogP contribution in [0.4, 0.5) is 0 Å². The van der Waals surface area contributed by atoms with Gasteiger partial charge in [0.25, 0.3) is 5.56 Å². The number of benzene rings is 1. The van der Waals surface area contributed by atoms with Crippen molar-refractivity contribution in [1.82, 2.24) is 20.1 Å². The minimum atomic E-state index is -0.123. The molecule has 31 heavy (non-hydrogen) atoms. The minimum absolute atomic E-state index is 0.123. The van der Waals surface area contributed by atoms with Gasteiger partial charge >= 0.3 is 0 Å². The number of likely N-dealkylation sites (N-methyl/N-ethyl adjacent to an activating group) is 1. The first kappa shape index (κ1) is 22.8. The van der Waals surface area contributed by atoms with Crippen LogP contribution in [0.1, 0.15) is 25.2 Å². The van der Waals surface area contributed by atoms with Crippen LogP contribution in [0, 0.1) is 0 Å². The van der Waals surface area contributed by atoms with Crippen LogP contribution in [0.2, 0.25) is 0 Å². The summed E-state index contributed by atoms with van der Waals surface area (Å²) in [4.78, 5) is 20.1. The molecule has 3 rings (SSSR count). The summed E-state index contributed by atoms with van der Waals surface area (Å²) in [6.45, 7) is 8.71. The molecule has 0 saturated heterocycles. The number of hydrogen-bond donors (Lipinski definition) is 2. The number of nitrogens with zero attached hydrogens (tertiary/aromatic N) is 2. The summed E-state index contributed by atoms with van der Waals surface area (Å²) < 4.78 is 10.6. The number of aromatic amines is 1. The van der Waals surface area contributed by atoms with Gasteiger partial charge in [-0.3, -0.25) is 4.79 Å². The maximum atomic E-state index is 12.8. The average molecular weight is 443 g/mol. The van der Waals surface area contributed by atoms with Crippen molar-refractivity contribution in [2.24, 2.45) is 0 Å². The third-order valence-electron chi connectivity index (χ3n) is 5.35. The normalized spacial score (nSPS) is 11.1. The van der Waals surface area contributed by atoms with Gasteiger partial charge in [-0.25, -0.2) is 0 Å². The lowest BCUT2D eigenvalue weighted by Gasteiger charge is -2.28. The zero-order valence-corrected chi connectivity index (χ0v) is 19.1. The molecule has 2 aromatic heterocycles. The van der Waals surface area contributed by atoms with E-state index in [9.17, 15) is 4.79 Å². The monoisotopic (exact) mass is 442 g/mol. The van der Waals surface area contributed by atoms with Gasteiger partial charge in [-0.1, -0.05) is 13.8 Å². The predicted octanol–water partition coefficient (Wildman–Crippen LogP) is 3.35. The Labute approximate surface area is 188 Å². The lowest BCUT2D eigenvalue weighted by molar-refractivity contribution is 0.263. The zero-order chi connectivity index (χ0) is 22.2. The molecular formula is C23H30N4O3S. The molecule has 0 atom stereocenters. The average Bonchev–Trinajstić information content (AvgIpc) is 3.31. The Morgan fingerprint density at radius 1 is 1.19 bits per heavy atom. The highest BCUT2D eigenvalue weighted by molar-refractivity contribution is 7.80. The number of rotatable bonds is 10. The van der Waals surface area contributed by atoms with E-state index >= 15 is 0 Å². The van der Waals surface area contributed by atoms with E-state index in [0.717, 1.165) is 36.3 Å². The van der Waals surface area contributed by atoms with Crippen molar-refractivity contribution in [1.29, 1.82) is 0 Å². The van der Waals surface area contributed by atoms with Crippen LogP contribution in [-0.2, 0) is 13.1 Å². The first-order chi connectivity index (χ1) is 15.0. The van der Waals surface area contributed by atoms with Gasteiger partial charge < -0.3 is 29.3 Å². The Kier molecular flexibility index (Phi) is 8.08. The van der Waals surface area contributed by atoms with Crippen molar-refractivity contribution >= 4 is 28.2 Å². The molecule has 0 radical (unpaired) electrons. The smallest absolute Gasteiger partial charge is 0.253 e. The number of methoxy groups -OCH3 is 1. The fourth-order valence-corrected chi connectivity index (χ4v) is 3.65. The largest absolute Gasteiger partial charge is 0.497 e. The van der Waals surface area contributed by atoms with Gasteiger partial charge in [0, 0.05) is 24.7 Å². The first-order valence-electron chi connectivity index (χ1n) is 10.5. The highest BCUT2D eigenvalue weighted by atomic mass is 32.1. The highest BCUT2D eigenvalue weighted by Crippen LogP contribution is 2.19. The maximum Gasteiger partial charge on any atom is 0.253 e. The van der Waals surface area contributed by atoms with Gasteiger partial charge in [0.15, 0.2) is 5.11 Å². The van der Waals surface area contributed by atoms with E-state index in [-0.39, 0.29) is 5.56 Å². The summed E-state index contributed by atoms with van der Waals surface area (Å²) in [7, 11) is 1.61. The lowest BCUT2D eigenvalue weighted by atomic mass is 10.1. The second-order valence-corrected chi connectivity index (χ2v) is 7.65. The summed E-state index contributed by atoms with van der Waals surface area (Å²) in [5.74, 6) is 1.52. The Hall–Kier alpha value is -2.84. The molecule has 0 unspecified atom stereocenters. The number of thiocarbonyl (C=S) groups is 1. The summed E-state index contributed by atoms with van der Waals surface area (Å²) in [5, 5.41) is 4.80. The van der Waals surface area contributed by atoms with Gasteiger partial charge in [0.1, 0.15) is 11.5 Å². The van der Waals surface area contributed by atoms with Crippen LogP contribution in [0.25, 0.3) is 10.9 Å². The Bertz CT molecular complexity index is 1040.